The molecule has 2 heterocycles. The molecule has 0 aliphatic carbocycles. The number of aromatic amines is 1. The van der Waals surface area contributed by atoms with Crippen molar-refractivity contribution in [2.75, 3.05) is 0 Å². The number of benzene rings is 1. The first kappa shape index (κ1) is 12.6. The van der Waals surface area contributed by atoms with Crippen LogP contribution in [0.4, 0.5) is 0 Å². The van der Waals surface area contributed by atoms with Gasteiger partial charge >= 0.3 is 0 Å². The predicted molar refractivity (Wildman–Crippen MR) is 76.9 cm³/mol. The standard InChI is InChI=1S/C15H17N5/c1-2-4-13(5-3-1)11-20-12-14(9-18-20)8-16-10-15-6-7-17-19-15/h1-7,9,12,16H,8,10-11H2,(H,17,19). The van der Waals surface area contributed by atoms with Crippen LogP contribution in [-0.4, -0.2) is 20.0 Å². The second-order valence-corrected chi connectivity index (χ2v) is 4.72. The van der Waals surface area contributed by atoms with Crippen molar-refractivity contribution in [3.63, 3.8) is 0 Å². The lowest BCUT2D eigenvalue weighted by atomic mass is 10.2. The highest BCUT2D eigenvalue weighted by Gasteiger charge is 2.00. The van der Waals surface area contributed by atoms with Crippen LogP contribution in [0.25, 0.3) is 0 Å². The van der Waals surface area contributed by atoms with Crippen molar-refractivity contribution in [1.82, 2.24) is 25.3 Å². The summed E-state index contributed by atoms with van der Waals surface area (Å²) in [4.78, 5) is 0. The fourth-order valence-electron chi connectivity index (χ4n) is 2.08. The second kappa shape index (κ2) is 6.16. The third-order valence-corrected chi connectivity index (χ3v) is 3.08. The molecule has 2 aromatic heterocycles. The highest BCUT2D eigenvalue weighted by Crippen LogP contribution is 2.04. The van der Waals surface area contributed by atoms with E-state index in [4.69, 9.17) is 0 Å². The molecule has 0 aliphatic heterocycles. The van der Waals surface area contributed by atoms with Crippen LogP contribution in [0, 0.1) is 0 Å². The second-order valence-electron chi connectivity index (χ2n) is 4.72. The Morgan fingerprint density at radius 2 is 1.95 bits per heavy atom. The Bertz CT molecular complexity index is 627. The zero-order valence-corrected chi connectivity index (χ0v) is 11.2. The predicted octanol–water partition coefficient (Wildman–Crippen LogP) is 1.94. The van der Waals surface area contributed by atoms with Gasteiger partial charge in [-0.3, -0.25) is 9.78 Å². The molecule has 3 rings (SSSR count). The van der Waals surface area contributed by atoms with Gasteiger partial charge in [0.05, 0.1) is 12.7 Å². The average molecular weight is 267 g/mol. The zero-order chi connectivity index (χ0) is 13.6. The van der Waals surface area contributed by atoms with Crippen molar-refractivity contribution in [1.29, 1.82) is 0 Å². The molecule has 5 heteroatoms. The lowest BCUT2D eigenvalue weighted by Gasteiger charge is -2.01. The van der Waals surface area contributed by atoms with Crippen LogP contribution in [0.5, 0.6) is 0 Å². The number of nitrogens with zero attached hydrogens (tertiary/aromatic N) is 3. The van der Waals surface area contributed by atoms with Crippen LogP contribution in [0.1, 0.15) is 16.8 Å². The topological polar surface area (TPSA) is 58.5 Å². The van der Waals surface area contributed by atoms with Crippen LogP contribution in [-0.2, 0) is 19.6 Å². The van der Waals surface area contributed by atoms with Gasteiger partial charge in [0.25, 0.3) is 0 Å². The minimum Gasteiger partial charge on any atom is -0.307 e. The van der Waals surface area contributed by atoms with E-state index in [2.05, 4.69) is 38.9 Å². The molecule has 5 nitrogen and oxygen atoms in total. The molecule has 3 aromatic rings. The Morgan fingerprint density at radius 1 is 1.05 bits per heavy atom. The third-order valence-electron chi connectivity index (χ3n) is 3.08. The first-order chi connectivity index (χ1) is 9.90. The lowest BCUT2D eigenvalue weighted by Crippen LogP contribution is -2.12. The zero-order valence-electron chi connectivity index (χ0n) is 11.2. The van der Waals surface area contributed by atoms with E-state index in [0.29, 0.717) is 0 Å². The van der Waals surface area contributed by atoms with Crippen LogP contribution < -0.4 is 5.32 Å². The summed E-state index contributed by atoms with van der Waals surface area (Å²) < 4.78 is 1.96. The number of rotatable bonds is 6. The molecule has 0 fully saturated rings. The molecule has 2 N–H and O–H groups in total. The van der Waals surface area contributed by atoms with Gasteiger partial charge in [-0.15, -0.1) is 0 Å². The molecule has 0 saturated heterocycles. The first-order valence-electron chi connectivity index (χ1n) is 6.64. The summed E-state index contributed by atoms with van der Waals surface area (Å²) in [6.07, 6.45) is 5.74. The first-order valence-corrected chi connectivity index (χ1v) is 6.64. The SMILES string of the molecule is c1ccc(Cn2cc(CNCc3ccn[nH]3)cn2)cc1. The summed E-state index contributed by atoms with van der Waals surface area (Å²) in [7, 11) is 0. The van der Waals surface area contributed by atoms with Gasteiger partial charge in [-0.2, -0.15) is 10.2 Å². The number of hydrogen-bond donors (Lipinski definition) is 2. The van der Waals surface area contributed by atoms with Crippen LogP contribution in [0.15, 0.2) is 55.0 Å². The van der Waals surface area contributed by atoms with Crippen molar-refractivity contribution in [3.8, 4) is 0 Å². The van der Waals surface area contributed by atoms with Crippen LogP contribution in [0.3, 0.4) is 0 Å². The highest BCUT2D eigenvalue weighted by molar-refractivity contribution is 5.15. The van der Waals surface area contributed by atoms with Gasteiger partial charge in [0.1, 0.15) is 0 Å². The van der Waals surface area contributed by atoms with E-state index in [1.807, 2.05) is 35.1 Å². The van der Waals surface area contributed by atoms with Gasteiger partial charge in [-0.25, -0.2) is 0 Å². The maximum atomic E-state index is 4.38. The maximum absolute atomic E-state index is 4.38. The van der Waals surface area contributed by atoms with Crippen molar-refractivity contribution >= 4 is 0 Å². The Kier molecular flexibility index (Phi) is 3.89. The number of H-pyrrole nitrogens is 1. The van der Waals surface area contributed by atoms with Gasteiger partial charge in [-0.05, 0) is 11.6 Å². The third kappa shape index (κ3) is 3.33. The molecule has 0 aliphatic rings. The summed E-state index contributed by atoms with van der Waals surface area (Å²) in [5.41, 5.74) is 3.52. The molecular weight excluding hydrogens is 250 g/mol. The summed E-state index contributed by atoms with van der Waals surface area (Å²) in [5.74, 6) is 0. The average Bonchev–Trinajstić information content (AvgIpc) is 3.12. The smallest absolute Gasteiger partial charge is 0.0659 e. The van der Waals surface area contributed by atoms with E-state index < -0.39 is 0 Å². The lowest BCUT2D eigenvalue weighted by molar-refractivity contribution is 0.669. The quantitative estimate of drug-likeness (QED) is 0.717. The van der Waals surface area contributed by atoms with Crippen molar-refractivity contribution in [2.45, 2.75) is 19.6 Å². The van der Waals surface area contributed by atoms with E-state index in [0.717, 1.165) is 25.3 Å². The van der Waals surface area contributed by atoms with Crippen LogP contribution in [0.2, 0.25) is 0 Å². The minimum absolute atomic E-state index is 0.782. The number of aromatic nitrogens is 4. The molecule has 0 amide bonds. The summed E-state index contributed by atoms with van der Waals surface area (Å²) in [5, 5.41) is 14.6. The van der Waals surface area contributed by atoms with Crippen molar-refractivity contribution < 1.29 is 0 Å². The molecule has 0 spiro atoms. The molecular formula is C15H17N5. The molecule has 0 bridgehead atoms. The van der Waals surface area contributed by atoms with Crippen molar-refractivity contribution in [2.24, 2.45) is 0 Å². The molecule has 0 saturated carbocycles. The normalized spacial score (nSPS) is 10.8. The van der Waals surface area contributed by atoms with Crippen LogP contribution >= 0.6 is 0 Å². The maximum Gasteiger partial charge on any atom is 0.0659 e. The van der Waals surface area contributed by atoms with E-state index in [1.54, 1.807) is 6.20 Å². The minimum atomic E-state index is 0.782. The molecule has 0 atom stereocenters. The Hall–Kier alpha value is -2.40. The molecule has 0 radical (unpaired) electrons. The largest absolute Gasteiger partial charge is 0.307 e. The van der Waals surface area contributed by atoms with Crippen molar-refractivity contribution in [3.05, 3.63) is 71.8 Å². The molecule has 0 unspecified atom stereocenters. The van der Waals surface area contributed by atoms with E-state index in [1.165, 1.54) is 11.1 Å². The fourth-order valence-corrected chi connectivity index (χ4v) is 2.08. The van der Waals surface area contributed by atoms with Gasteiger partial charge in [0.2, 0.25) is 0 Å². The Morgan fingerprint density at radius 3 is 2.75 bits per heavy atom. The summed E-state index contributed by atoms with van der Waals surface area (Å²) in [6, 6.07) is 12.3. The fraction of sp³-hybridized carbons (Fsp3) is 0.200. The van der Waals surface area contributed by atoms with E-state index in [9.17, 15) is 0 Å². The van der Waals surface area contributed by atoms with Gasteiger partial charge < -0.3 is 5.32 Å². The summed E-state index contributed by atoms with van der Waals surface area (Å²) in [6.45, 7) is 2.39. The molecule has 20 heavy (non-hydrogen) atoms. The molecule has 102 valence electrons. The number of hydrogen-bond acceptors (Lipinski definition) is 3. The van der Waals surface area contributed by atoms with Gasteiger partial charge in [0, 0.05) is 36.7 Å². The van der Waals surface area contributed by atoms with E-state index in [-0.39, 0.29) is 0 Å². The number of nitrogens with one attached hydrogen (secondary N) is 2. The molecule has 1 aromatic carbocycles. The highest BCUT2D eigenvalue weighted by atomic mass is 15.3. The Balaban J connectivity index is 1.52. The summed E-state index contributed by atoms with van der Waals surface area (Å²) >= 11 is 0. The van der Waals surface area contributed by atoms with Gasteiger partial charge in [-0.1, -0.05) is 30.3 Å². The Labute approximate surface area is 117 Å². The monoisotopic (exact) mass is 267 g/mol. The van der Waals surface area contributed by atoms with Gasteiger partial charge in [0.15, 0.2) is 0 Å². The van der Waals surface area contributed by atoms with E-state index >= 15 is 0 Å².